The average molecular weight is 469 g/mol. The van der Waals surface area contributed by atoms with E-state index >= 15 is 0 Å². The molecule has 0 amide bonds. The lowest BCUT2D eigenvalue weighted by molar-refractivity contribution is -0.141. The zero-order valence-corrected chi connectivity index (χ0v) is 19.7. The van der Waals surface area contributed by atoms with Gasteiger partial charge in [0.25, 0.3) is 0 Å². The highest BCUT2D eigenvalue weighted by atomic mass is 16.6. The normalized spacial score (nSPS) is 11.7. The maximum atomic E-state index is 12.5. The summed E-state index contributed by atoms with van der Waals surface area (Å²) in [4.78, 5) is 36.0. The second-order valence-corrected chi connectivity index (χ2v) is 7.77. The molecule has 1 atom stereocenters. The van der Waals surface area contributed by atoms with Gasteiger partial charge in [-0.05, 0) is 24.5 Å². The minimum absolute atomic E-state index is 0.0328. The molecule has 0 aromatic heterocycles. The predicted molar refractivity (Wildman–Crippen MR) is 128 cm³/mol. The molecule has 2 aromatic rings. The summed E-state index contributed by atoms with van der Waals surface area (Å²) >= 11 is 0. The van der Waals surface area contributed by atoms with E-state index in [0.29, 0.717) is 23.8 Å². The molecule has 7 heteroatoms. The Kier molecular flexibility index (Phi) is 11.4. The maximum Gasteiger partial charge on any atom is 0.331 e. The summed E-state index contributed by atoms with van der Waals surface area (Å²) in [6, 6.07) is 13.0. The Labute approximate surface area is 200 Å². The van der Waals surface area contributed by atoms with Crippen LogP contribution in [0, 0.1) is 5.92 Å². The molecule has 1 unspecified atom stereocenters. The van der Waals surface area contributed by atoms with Crippen LogP contribution >= 0.6 is 0 Å². The molecule has 0 saturated heterocycles. The topological polar surface area (TPSA) is 99.1 Å². The number of carbonyl (C=O) groups excluding carboxylic acids is 3. The van der Waals surface area contributed by atoms with E-state index in [1.807, 2.05) is 0 Å². The molecule has 0 aliphatic rings. The molecule has 182 valence electrons. The van der Waals surface area contributed by atoms with Gasteiger partial charge in [0.15, 0.2) is 5.78 Å². The molecule has 2 aromatic carbocycles. The van der Waals surface area contributed by atoms with E-state index < -0.39 is 11.9 Å². The van der Waals surface area contributed by atoms with Crippen LogP contribution in [0.5, 0.6) is 11.5 Å². The van der Waals surface area contributed by atoms with Gasteiger partial charge in [-0.1, -0.05) is 63.4 Å². The van der Waals surface area contributed by atoms with Crippen molar-refractivity contribution in [2.24, 2.45) is 5.92 Å². The zero-order chi connectivity index (χ0) is 24.8. The summed E-state index contributed by atoms with van der Waals surface area (Å²) in [5, 5.41) is 10.2. The molecular weight excluding hydrogens is 436 g/mol. The Morgan fingerprint density at radius 3 is 2.29 bits per heavy atom. The van der Waals surface area contributed by atoms with Crippen molar-refractivity contribution in [2.75, 3.05) is 19.8 Å². The van der Waals surface area contributed by atoms with Gasteiger partial charge in [0, 0.05) is 23.8 Å². The van der Waals surface area contributed by atoms with Crippen LogP contribution in [0.15, 0.2) is 60.7 Å². The third-order valence-corrected chi connectivity index (χ3v) is 5.21. The zero-order valence-electron chi connectivity index (χ0n) is 19.7. The Bertz CT molecular complexity index is 966. The van der Waals surface area contributed by atoms with Crippen molar-refractivity contribution in [3.8, 4) is 11.5 Å². The number of hydrogen-bond acceptors (Lipinski definition) is 7. The first-order chi connectivity index (χ1) is 16.4. The average Bonchev–Trinajstić information content (AvgIpc) is 2.85. The van der Waals surface area contributed by atoms with Gasteiger partial charge >= 0.3 is 11.9 Å². The van der Waals surface area contributed by atoms with Crippen molar-refractivity contribution in [1.29, 1.82) is 0 Å². The Balaban J connectivity index is 1.71. The highest BCUT2D eigenvalue weighted by Crippen LogP contribution is 2.26. The van der Waals surface area contributed by atoms with Crippen molar-refractivity contribution in [1.82, 2.24) is 0 Å². The number of phenolic OH excluding ortho intramolecular Hbond substituents is 1. The van der Waals surface area contributed by atoms with E-state index in [1.165, 1.54) is 12.1 Å². The van der Waals surface area contributed by atoms with Crippen LogP contribution in [-0.2, 0) is 19.1 Å². The molecule has 0 radical (unpaired) electrons. The molecule has 2 rings (SSSR count). The first-order valence-electron chi connectivity index (χ1n) is 11.5. The van der Waals surface area contributed by atoms with E-state index in [1.54, 1.807) is 36.4 Å². The number of aromatic hydroxyl groups is 1. The van der Waals surface area contributed by atoms with Gasteiger partial charge in [0.05, 0.1) is 12.2 Å². The number of ether oxygens (including phenoxy) is 3. The number of unbranched alkanes of at least 4 members (excludes halogenated alkanes) is 1. The van der Waals surface area contributed by atoms with Crippen LogP contribution in [0.4, 0.5) is 0 Å². The molecule has 0 heterocycles. The first-order valence-corrected chi connectivity index (χ1v) is 11.5. The monoisotopic (exact) mass is 468 g/mol. The van der Waals surface area contributed by atoms with Gasteiger partial charge < -0.3 is 19.3 Å². The van der Waals surface area contributed by atoms with Crippen LogP contribution in [0.3, 0.4) is 0 Å². The SMILES string of the molecule is CCCCC(CC)COC(=O)/C=C\C(=O)OCCOc1ccc(C(=O)c2ccccc2)c(O)c1. The van der Waals surface area contributed by atoms with Crippen LogP contribution in [0.1, 0.15) is 55.5 Å². The number of hydrogen-bond donors (Lipinski definition) is 1. The predicted octanol–water partition coefficient (Wildman–Crippen LogP) is 4.86. The fraction of sp³-hybridized carbons (Fsp3) is 0.370. The summed E-state index contributed by atoms with van der Waals surface area (Å²) in [5.41, 5.74) is 0.634. The fourth-order valence-corrected chi connectivity index (χ4v) is 3.17. The number of rotatable bonds is 14. The third-order valence-electron chi connectivity index (χ3n) is 5.21. The van der Waals surface area contributed by atoms with E-state index in [2.05, 4.69) is 13.8 Å². The summed E-state index contributed by atoms with van der Waals surface area (Å²) in [5.74, 6) is -1.12. The van der Waals surface area contributed by atoms with Gasteiger partial charge in [-0.3, -0.25) is 4.79 Å². The summed E-state index contributed by atoms with van der Waals surface area (Å²) < 4.78 is 15.6. The fourth-order valence-electron chi connectivity index (χ4n) is 3.17. The number of phenols is 1. The third kappa shape index (κ3) is 9.10. The van der Waals surface area contributed by atoms with Crippen molar-refractivity contribution in [3.05, 3.63) is 71.8 Å². The number of benzene rings is 2. The quantitative estimate of drug-likeness (QED) is 0.183. The van der Waals surface area contributed by atoms with Crippen molar-refractivity contribution >= 4 is 17.7 Å². The Morgan fingerprint density at radius 2 is 1.65 bits per heavy atom. The van der Waals surface area contributed by atoms with E-state index in [0.717, 1.165) is 37.8 Å². The maximum absolute atomic E-state index is 12.5. The summed E-state index contributed by atoms with van der Waals surface area (Å²) in [7, 11) is 0. The first kappa shape index (κ1) is 26.6. The van der Waals surface area contributed by atoms with Crippen molar-refractivity contribution in [2.45, 2.75) is 39.5 Å². The van der Waals surface area contributed by atoms with Gasteiger partial charge in [-0.2, -0.15) is 0 Å². The van der Waals surface area contributed by atoms with Gasteiger partial charge in [-0.15, -0.1) is 0 Å². The molecule has 0 spiro atoms. The lowest BCUT2D eigenvalue weighted by atomic mass is 10.0. The van der Waals surface area contributed by atoms with Crippen molar-refractivity contribution in [3.63, 3.8) is 0 Å². The Morgan fingerprint density at radius 1 is 0.941 bits per heavy atom. The highest BCUT2D eigenvalue weighted by molar-refractivity contribution is 6.10. The number of carbonyl (C=O) groups is 3. The van der Waals surface area contributed by atoms with Crippen LogP contribution in [0.25, 0.3) is 0 Å². The van der Waals surface area contributed by atoms with Gasteiger partial charge in [-0.25, -0.2) is 9.59 Å². The van der Waals surface area contributed by atoms with Crippen LogP contribution in [-0.4, -0.2) is 42.6 Å². The summed E-state index contributed by atoms with van der Waals surface area (Å²) in [6.07, 6.45) is 6.20. The summed E-state index contributed by atoms with van der Waals surface area (Å²) in [6.45, 7) is 4.49. The minimum atomic E-state index is -0.690. The minimum Gasteiger partial charge on any atom is -0.507 e. The lowest BCUT2D eigenvalue weighted by Crippen LogP contribution is -2.13. The van der Waals surface area contributed by atoms with E-state index in [-0.39, 0.29) is 30.3 Å². The van der Waals surface area contributed by atoms with Crippen LogP contribution < -0.4 is 4.74 Å². The van der Waals surface area contributed by atoms with Crippen LogP contribution in [0.2, 0.25) is 0 Å². The largest absolute Gasteiger partial charge is 0.507 e. The molecule has 0 saturated carbocycles. The second kappa shape index (κ2) is 14.5. The molecular formula is C27H32O7. The second-order valence-electron chi connectivity index (χ2n) is 7.77. The van der Waals surface area contributed by atoms with E-state index in [4.69, 9.17) is 14.2 Å². The molecule has 1 N–H and O–H groups in total. The molecule has 0 fully saturated rings. The molecule has 0 bridgehead atoms. The number of ketones is 1. The highest BCUT2D eigenvalue weighted by Gasteiger charge is 2.14. The van der Waals surface area contributed by atoms with Crippen molar-refractivity contribution < 1.29 is 33.7 Å². The van der Waals surface area contributed by atoms with Gasteiger partial charge in [0.1, 0.15) is 24.7 Å². The standard InChI is InChI=1S/C27H32O7/c1-3-5-9-20(4-2)19-34-26(30)15-14-25(29)33-17-16-32-22-12-13-23(24(28)18-22)27(31)21-10-7-6-8-11-21/h6-8,10-15,18,20,28H,3-5,9,16-17,19H2,1-2H3/b15-14-. The lowest BCUT2D eigenvalue weighted by Gasteiger charge is -2.13. The number of esters is 2. The Hall–Kier alpha value is -3.61. The van der Waals surface area contributed by atoms with Gasteiger partial charge in [0.2, 0.25) is 0 Å². The molecule has 7 nitrogen and oxygen atoms in total. The van der Waals surface area contributed by atoms with E-state index in [9.17, 15) is 19.5 Å². The molecule has 0 aliphatic heterocycles. The smallest absolute Gasteiger partial charge is 0.331 e. The molecule has 34 heavy (non-hydrogen) atoms. The molecule has 0 aliphatic carbocycles.